The number of halogens is 3. The first-order valence-electron chi connectivity index (χ1n) is 5.78. The van der Waals surface area contributed by atoms with Crippen LogP contribution in [-0.4, -0.2) is 15.3 Å². The molecular formula is C12H11ClF2N2O. The molecule has 0 aliphatic heterocycles. The van der Waals surface area contributed by atoms with E-state index in [1.54, 1.807) is 0 Å². The van der Waals surface area contributed by atoms with Crippen molar-refractivity contribution in [2.75, 3.05) is 0 Å². The molecule has 0 radical (unpaired) electrons. The lowest BCUT2D eigenvalue weighted by Gasteiger charge is -2.31. The van der Waals surface area contributed by atoms with Gasteiger partial charge in [-0.3, -0.25) is 5.10 Å². The molecule has 0 bridgehead atoms. The number of aliphatic hydroxyl groups is 1. The Morgan fingerprint density at radius 3 is 2.72 bits per heavy atom. The van der Waals surface area contributed by atoms with Crippen LogP contribution in [0.15, 0.2) is 6.20 Å². The number of aromatic nitrogens is 2. The highest BCUT2D eigenvalue weighted by atomic mass is 35.5. The third kappa shape index (κ3) is 1.54. The SMILES string of the molecule is OC(c1c(F)c(Cl)c(F)c2cn[nH]c12)C1CCC1. The minimum absolute atomic E-state index is 0.00697. The summed E-state index contributed by atoms with van der Waals surface area (Å²) in [5.41, 5.74) is 0.215. The molecule has 3 nitrogen and oxygen atoms in total. The van der Waals surface area contributed by atoms with Crippen LogP contribution in [0, 0.1) is 17.6 Å². The Hall–Kier alpha value is -1.20. The minimum atomic E-state index is -0.972. The van der Waals surface area contributed by atoms with Crippen molar-refractivity contribution in [1.82, 2.24) is 10.2 Å². The Bertz CT molecular complexity index is 610. The molecular weight excluding hydrogens is 262 g/mol. The summed E-state index contributed by atoms with van der Waals surface area (Å²) < 4.78 is 27.8. The molecule has 1 aromatic heterocycles. The molecule has 96 valence electrons. The molecule has 0 spiro atoms. The van der Waals surface area contributed by atoms with Crippen molar-refractivity contribution in [3.8, 4) is 0 Å². The van der Waals surface area contributed by atoms with Gasteiger partial charge in [0.2, 0.25) is 0 Å². The van der Waals surface area contributed by atoms with Gasteiger partial charge < -0.3 is 5.11 Å². The lowest BCUT2D eigenvalue weighted by Crippen LogP contribution is -2.21. The van der Waals surface area contributed by atoms with Gasteiger partial charge in [0.25, 0.3) is 0 Å². The van der Waals surface area contributed by atoms with E-state index in [0.717, 1.165) is 19.3 Å². The van der Waals surface area contributed by atoms with Gasteiger partial charge >= 0.3 is 0 Å². The first kappa shape index (κ1) is 11.9. The third-order valence-electron chi connectivity index (χ3n) is 3.66. The number of H-pyrrole nitrogens is 1. The van der Waals surface area contributed by atoms with Crippen molar-refractivity contribution < 1.29 is 13.9 Å². The molecule has 1 aliphatic carbocycles. The maximum atomic E-state index is 14.1. The van der Waals surface area contributed by atoms with Crippen LogP contribution in [0.4, 0.5) is 8.78 Å². The second kappa shape index (κ2) is 4.17. The summed E-state index contributed by atoms with van der Waals surface area (Å²) in [6, 6.07) is 0. The Morgan fingerprint density at radius 1 is 1.39 bits per heavy atom. The first-order chi connectivity index (χ1) is 8.61. The van der Waals surface area contributed by atoms with E-state index in [4.69, 9.17) is 11.6 Å². The average Bonchev–Trinajstić information content (AvgIpc) is 2.72. The second-order valence-corrected chi connectivity index (χ2v) is 5.03. The van der Waals surface area contributed by atoms with Crippen molar-refractivity contribution in [2.24, 2.45) is 5.92 Å². The first-order valence-corrected chi connectivity index (χ1v) is 6.16. The van der Waals surface area contributed by atoms with Crippen molar-refractivity contribution >= 4 is 22.5 Å². The van der Waals surface area contributed by atoms with Crippen molar-refractivity contribution in [1.29, 1.82) is 0 Å². The average molecular weight is 273 g/mol. The van der Waals surface area contributed by atoms with Crippen LogP contribution in [0.5, 0.6) is 0 Å². The van der Waals surface area contributed by atoms with Gasteiger partial charge in [-0.2, -0.15) is 5.10 Å². The number of fused-ring (bicyclic) bond motifs is 1. The summed E-state index contributed by atoms with van der Waals surface area (Å²) in [4.78, 5) is 0. The molecule has 1 fully saturated rings. The van der Waals surface area contributed by atoms with Crippen molar-refractivity contribution in [3.63, 3.8) is 0 Å². The molecule has 1 heterocycles. The zero-order valence-electron chi connectivity index (χ0n) is 9.38. The summed E-state index contributed by atoms with van der Waals surface area (Å²) in [5.74, 6) is -1.74. The number of rotatable bonds is 2. The van der Waals surface area contributed by atoms with E-state index < -0.39 is 22.8 Å². The van der Waals surface area contributed by atoms with Gasteiger partial charge in [-0.1, -0.05) is 18.0 Å². The van der Waals surface area contributed by atoms with Gasteiger partial charge in [-0.05, 0) is 18.8 Å². The van der Waals surface area contributed by atoms with Gasteiger partial charge in [0.15, 0.2) is 11.6 Å². The lowest BCUT2D eigenvalue weighted by atomic mass is 9.78. The fourth-order valence-corrected chi connectivity index (χ4v) is 2.57. The second-order valence-electron chi connectivity index (χ2n) is 4.65. The molecule has 1 unspecified atom stereocenters. The van der Waals surface area contributed by atoms with Crippen LogP contribution in [0.3, 0.4) is 0 Å². The normalized spacial score (nSPS) is 18.0. The van der Waals surface area contributed by atoms with E-state index in [1.807, 2.05) is 0 Å². The number of nitrogens with zero attached hydrogens (tertiary/aromatic N) is 1. The molecule has 0 amide bonds. The number of aliphatic hydroxyl groups excluding tert-OH is 1. The Kier molecular flexibility index (Phi) is 2.75. The van der Waals surface area contributed by atoms with Gasteiger partial charge in [0.1, 0.15) is 5.02 Å². The highest BCUT2D eigenvalue weighted by Gasteiger charge is 2.32. The van der Waals surface area contributed by atoms with E-state index >= 15 is 0 Å². The molecule has 3 rings (SSSR count). The summed E-state index contributed by atoms with van der Waals surface area (Å²) in [6.45, 7) is 0. The van der Waals surface area contributed by atoms with Crippen LogP contribution < -0.4 is 0 Å². The summed E-state index contributed by atoms with van der Waals surface area (Å²) >= 11 is 5.63. The van der Waals surface area contributed by atoms with Crippen molar-refractivity contribution in [3.05, 3.63) is 28.4 Å². The van der Waals surface area contributed by atoms with Gasteiger partial charge in [0, 0.05) is 5.56 Å². The van der Waals surface area contributed by atoms with Crippen molar-refractivity contribution in [2.45, 2.75) is 25.4 Å². The summed E-state index contributed by atoms with van der Waals surface area (Å²) in [6.07, 6.45) is 2.97. The number of benzene rings is 1. The van der Waals surface area contributed by atoms with Crippen LogP contribution >= 0.6 is 11.6 Å². The van der Waals surface area contributed by atoms with E-state index in [0.29, 0.717) is 0 Å². The molecule has 1 aliphatic rings. The number of hydrogen-bond acceptors (Lipinski definition) is 2. The largest absolute Gasteiger partial charge is 0.388 e. The van der Waals surface area contributed by atoms with Crippen LogP contribution in [0.25, 0.3) is 10.9 Å². The predicted molar refractivity (Wildman–Crippen MR) is 63.3 cm³/mol. The zero-order valence-corrected chi connectivity index (χ0v) is 10.1. The third-order valence-corrected chi connectivity index (χ3v) is 3.99. The molecule has 1 saturated carbocycles. The molecule has 2 aromatic rings. The predicted octanol–water partition coefficient (Wildman–Crippen LogP) is 3.33. The van der Waals surface area contributed by atoms with Gasteiger partial charge in [-0.15, -0.1) is 0 Å². The van der Waals surface area contributed by atoms with Gasteiger partial charge in [0.05, 0.1) is 23.2 Å². The van der Waals surface area contributed by atoms with E-state index in [9.17, 15) is 13.9 Å². The van der Waals surface area contributed by atoms with E-state index in [1.165, 1.54) is 6.20 Å². The quantitative estimate of drug-likeness (QED) is 0.824. The maximum Gasteiger partial charge on any atom is 0.155 e. The summed E-state index contributed by atoms with van der Waals surface area (Å²) in [7, 11) is 0. The smallest absolute Gasteiger partial charge is 0.155 e. The Labute approximate surface area is 107 Å². The fraction of sp³-hybridized carbons (Fsp3) is 0.417. The number of hydrogen-bond donors (Lipinski definition) is 2. The van der Waals surface area contributed by atoms with Crippen LogP contribution in [0.2, 0.25) is 5.02 Å². The summed E-state index contributed by atoms with van der Waals surface area (Å²) in [5, 5.41) is 15.9. The number of nitrogens with one attached hydrogen (secondary N) is 1. The monoisotopic (exact) mass is 272 g/mol. The molecule has 2 N–H and O–H groups in total. The van der Waals surface area contributed by atoms with Crippen LogP contribution in [0.1, 0.15) is 30.9 Å². The topological polar surface area (TPSA) is 48.9 Å². The van der Waals surface area contributed by atoms with E-state index in [-0.39, 0.29) is 22.4 Å². The van der Waals surface area contributed by atoms with Gasteiger partial charge in [-0.25, -0.2) is 8.78 Å². The molecule has 1 atom stereocenters. The highest BCUT2D eigenvalue weighted by Crippen LogP contribution is 2.42. The van der Waals surface area contributed by atoms with Crippen LogP contribution in [-0.2, 0) is 0 Å². The number of aromatic amines is 1. The Balaban J connectivity index is 2.23. The minimum Gasteiger partial charge on any atom is -0.388 e. The lowest BCUT2D eigenvalue weighted by molar-refractivity contribution is 0.0602. The van der Waals surface area contributed by atoms with E-state index in [2.05, 4.69) is 10.2 Å². The molecule has 18 heavy (non-hydrogen) atoms. The highest BCUT2D eigenvalue weighted by molar-refractivity contribution is 6.31. The zero-order chi connectivity index (χ0) is 12.9. The molecule has 0 saturated heterocycles. The molecule has 6 heteroatoms. The Morgan fingerprint density at radius 2 is 2.11 bits per heavy atom. The molecule has 1 aromatic carbocycles. The standard InChI is InChI=1S/C12H11ClF2N2O/c13-8-9(14)6-4-16-17-11(6)7(10(8)15)12(18)5-2-1-3-5/h4-5,12,18H,1-3H2,(H,16,17). The maximum absolute atomic E-state index is 14.1. The fourth-order valence-electron chi connectivity index (χ4n) is 2.37.